The Morgan fingerprint density at radius 1 is 1.21 bits per heavy atom. The zero-order valence-corrected chi connectivity index (χ0v) is 13.6. The van der Waals surface area contributed by atoms with Crippen LogP contribution in [-0.4, -0.2) is 25.2 Å². The minimum Gasteiger partial charge on any atom is -0.308 e. The molecule has 1 aliphatic carbocycles. The predicted octanol–water partition coefficient (Wildman–Crippen LogP) is 3.60. The van der Waals surface area contributed by atoms with Crippen LogP contribution in [0.4, 0.5) is 16.2 Å². The van der Waals surface area contributed by atoms with Crippen molar-refractivity contribution in [3.63, 3.8) is 0 Å². The van der Waals surface area contributed by atoms with Crippen LogP contribution < -0.4 is 10.6 Å². The molecule has 1 fully saturated rings. The Bertz CT molecular complexity index is 874. The van der Waals surface area contributed by atoms with Gasteiger partial charge in [0.1, 0.15) is 5.65 Å². The number of aryl methyl sites for hydroxylation is 1. The van der Waals surface area contributed by atoms with Gasteiger partial charge in [0.2, 0.25) is 0 Å². The number of nitrogens with one attached hydrogen (secondary N) is 2. The van der Waals surface area contributed by atoms with Crippen LogP contribution in [0.15, 0.2) is 36.9 Å². The maximum Gasteiger partial charge on any atom is 0.323 e. The molecule has 1 saturated carbocycles. The van der Waals surface area contributed by atoms with Crippen LogP contribution >= 0.6 is 0 Å². The first kappa shape index (κ1) is 14.7. The lowest BCUT2D eigenvalue weighted by Gasteiger charge is -2.09. The van der Waals surface area contributed by atoms with Gasteiger partial charge >= 0.3 is 6.03 Å². The lowest BCUT2D eigenvalue weighted by atomic mass is 10.3. The quantitative estimate of drug-likeness (QED) is 0.773. The van der Waals surface area contributed by atoms with Crippen molar-refractivity contribution in [2.45, 2.75) is 38.6 Å². The predicted molar refractivity (Wildman–Crippen MR) is 92.3 cm³/mol. The van der Waals surface area contributed by atoms with Crippen molar-refractivity contribution in [1.29, 1.82) is 0 Å². The Labute approximate surface area is 139 Å². The molecular formula is C17H20N6O. The molecule has 0 atom stereocenters. The van der Waals surface area contributed by atoms with Crippen LogP contribution in [-0.2, 0) is 0 Å². The smallest absolute Gasteiger partial charge is 0.308 e. The Morgan fingerprint density at radius 3 is 2.83 bits per heavy atom. The summed E-state index contributed by atoms with van der Waals surface area (Å²) in [7, 11) is 0. The van der Waals surface area contributed by atoms with Gasteiger partial charge in [-0.25, -0.2) is 9.78 Å². The third-order valence-electron chi connectivity index (χ3n) is 4.40. The van der Waals surface area contributed by atoms with Crippen molar-refractivity contribution in [1.82, 2.24) is 19.2 Å². The van der Waals surface area contributed by atoms with E-state index in [-0.39, 0.29) is 6.03 Å². The van der Waals surface area contributed by atoms with Gasteiger partial charge < -0.3 is 15.0 Å². The fraction of sp³-hybridized carbons (Fsp3) is 0.353. The van der Waals surface area contributed by atoms with Gasteiger partial charge in [0, 0.05) is 30.3 Å². The van der Waals surface area contributed by atoms with E-state index in [0.717, 1.165) is 24.2 Å². The summed E-state index contributed by atoms with van der Waals surface area (Å²) in [5.74, 6) is 0. The molecule has 3 aromatic rings. The molecule has 24 heavy (non-hydrogen) atoms. The van der Waals surface area contributed by atoms with Crippen LogP contribution in [0.2, 0.25) is 0 Å². The summed E-state index contributed by atoms with van der Waals surface area (Å²) in [5, 5.41) is 10.0. The average molecular weight is 324 g/mol. The lowest BCUT2D eigenvalue weighted by molar-refractivity contribution is 0.262. The zero-order valence-electron chi connectivity index (χ0n) is 13.6. The van der Waals surface area contributed by atoms with Gasteiger partial charge in [-0.15, -0.1) is 0 Å². The largest absolute Gasteiger partial charge is 0.323 e. The fourth-order valence-electron chi connectivity index (χ4n) is 3.25. The summed E-state index contributed by atoms with van der Waals surface area (Å²) in [5.41, 5.74) is 3.15. The van der Waals surface area contributed by atoms with Crippen molar-refractivity contribution in [3.05, 3.63) is 42.6 Å². The highest BCUT2D eigenvalue weighted by atomic mass is 16.2. The summed E-state index contributed by atoms with van der Waals surface area (Å²) in [6.07, 6.45) is 12.2. The number of urea groups is 1. The molecule has 0 bridgehead atoms. The third-order valence-corrected chi connectivity index (χ3v) is 4.40. The molecule has 2 amide bonds. The number of aromatic nitrogens is 4. The molecule has 124 valence electrons. The molecule has 0 saturated heterocycles. The Morgan fingerprint density at radius 2 is 2.00 bits per heavy atom. The Balaban J connectivity index is 1.41. The van der Waals surface area contributed by atoms with E-state index in [2.05, 4.69) is 20.7 Å². The number of carbonyl (C=O) groups is 1. The van der Waals surface area contributed by atoms with Crippen molar-refractivity contribution >= 4 is 23.1 Å². The summed E-state index contributed by atoms with van der Waals surface area (Å²) < 4.78 is 3.88. The molecule has 4 rings (SSSR count). The number of carbonyl (C=O) groups excluding carboxylic acids is 1. The first-order valence-corrected chi connectivity index (χ1v) is 8.25. The Kier molecular flexibility index (Phi) is 3.68. The highest BCUT2D eigenvalue weighted by molar-refractivity contribution is 5.99. The molecule has 7 nitrogen and oxygen atoms in total. The molecule has 0 unspecified atom stereocenters. The van der Waals surface area contributed by atoms with Crippen LogP contribution in [0.5, 0.6) is 0 Å². The highest BCUT2D eigenvalue weighted by Crippen LogP contribution is 2.29. The van der Waals surface area contributed by atoms with Gasteiger partial charge in [0.05, 0.1) is 23.6 Å². The van der Waals surface area contributed by atoms with Gasteiger partial charge in [-0.1, -0.05) is 12.8 Å². The van der Waals surface area contributed by atoms with Crippen LogP contribution in [0.25, 0.3) is 5.65 Å². The van der Waals surface area contributed by atoms with Crippen molar-refractivity contribution in [2.24, 2.45) is 0 Å². The number of hydrogen-bond donors (Lipinski definition) is 2. The SMILES string of the molecule is Cc1cn2ccc(NC(=O)Nc3cnn(C4CCCC4)c3)cc2n1. The van der Waals surface area contributed by atoms with Gasteiger partial charge in [0.15, 0.2) is 0 Å². The molecule has 2 N–H and O–H groups in total. The first-order chi connectivity index (χ1) is 11.7. The van der Waals surface area contributed by atoms with E-state index in [4.69, 9.17) is 0 Å². The molecule has 3 heterocycles. The van der Waals surface area contributed by atoms with E-state index in [9.17, 15) is 4.79 Å². The van der Waals surface area contributed by atoms with Crippen molar-refractivity contribution in [2.75, 3.05) is 10.6 Å². The molecule has 0 radical (unpaired) electrons. The third kappa shape index (κ3) is 2.97. The summed E-state index contributed by atoms with van der Waals surface area (Å²) >= 11 is 0. The van der Waals surface area contributed by atoms with E-state index in [1.165, 1.54) is 12.8 Å². The van der Waals surface area contributed by atoms with Gasteiger partial charge in [-0.05, 0) is 25.8 Å². The van der Waals surface area contributed by atoms with Gasteiger partial charge in [-0.2, -0.15) is 5.10 Å². The fourth-order valence-corrected chi connectivity index (χ4v) is 3.25. The second-order valence-corrected chi connectivity index (χ2v) is 6.29. The normalized spacial score (nSPS) is 15.0. The Hall–Kier alpha value is -2.83. The maximum atomic E-state index is 12.2. The number of imidazole rings is 1. The van der Waals surface area contributed by atoms with Gasteiger partial charge in [0.25, 0.3) is 0 Å². The van der Waals surface area contributed by atoms with E-state index in [1.807, 2.05) is 46.7 Å². The van der Waals surface area contributed by atoms with Crippen LogP contribution in [0.1, 0.15) is 37.4 Å². The summed E-state index contributed by atoms with van der Waals surface area (Å²) in [6, 6.07) is 3.87. The van der Waals surface area contributed by atoms with E-state index in [0.29, 0.717) is 17.4 Å². The summed E-state index contributed by atoms with van der Waals surface area (Å²) in [6.45, 7) is 1.94. The first-order valence-electron chi connectivity index (χ1n) is 8.25. The minimum atomic E-state index is -0.284. The number of pyridine rings is 1. The van der Waals surface area contributed by atoms with Crippen LogP contribution in [0, 0.1) is 6.92 Å². The van der Waals surface area contributed by atoms with E-state index >= 15 is 0 Å². The van der Waals surface area contributed by atoms with E-state index in [1.54, 1.807) is 6.20 Å². The number of rotatable bonds is 3. The maximum absolute atomic E-state index is 12.2. The minimum absolute atomic E-state index is 0.284. The zero-order chi connectivity index (χ0) is 16.5. The topological polar surface area (TPSA) is 76.2 Å². The molecule has 3 aromatic heterocycles. The monoisotopic (exact) mass is 324 g/mol. The molecule has 0 aliphatic heterocycles. The highest BCUT2D eigenvalue weighted by Gasteiger charge is 2.17. The molecule has 7 heteroatoms. The lowest BCUT2D eigenvalue weighted by Crippen LogP contribution is -2.19. The molecule has 0 spiro atoms. The summed E-state index contributed by atoms with van der Waals surface area (Å²) in [4.78, 5) is 16.6. The number of nitrogens with zero attached hydrogens (tertiary/aromatic N) is 4. The molecule has 0 aromatic carbocycles. The second-order valence-electron chi connectivity index (χ2n) is 6.29. The van der Waals surface area contributed by atoms with Crippen LogP contribution in [0.3, 0.4) is 0 Å². The molecule has 1 aliphatic rings. The van der Waals surface area contributed by atoms with Gasteiger partial charge in [-0.3, -0.25) is 4.68 Å². The van der Waals surface area contributed by atoms with Crippen molar-refractivity contribution in [3.8, 4) is 0 Å². The van der Waals surface area contributed by atoms with Crippen molar-refractivity contribution < 1.29 is 4.79 Å². The number of fused-ring (bicyclic) bond motifs is 1. The number of hydrogen-bond acceptors (Lipinski definition) is 3. The number of amides is 2. The second kappa shape index (κ2) is 5.99. The average Bonchev–Trinajstić information content (AvgIpc) is 3.25. The van der Waals surface area contributed by atoms with E-state index < -0.39 is 0 Å². The number of anilines is 2. The molecular weight excluding hydrogens is 304 g/mol. The standard InChI is InChI=1S/C17H20N6O/c1-12-10-22-7-6-13(8-16(22)19-12)20-17(24)21-14-9-18-23(11-14)15-4-2-3-5-15/h6-11,15H,2-5H2,1H3,(H2,20,21,24).